The van der Waals surface area contributed by atoms with Crippen LogP contribution in [-0.4, -0.2) is 106 Å². The number of β-amino-alcohol motifs (C(OH)–C–C–N with tert-alkyl or cyclic N) is 1. The SMILES string of the molecule is C=CCN(C(=O)Cc1ccc(S(=O)(=O)NC)cc1)C1CCN(C[C@H]2CN(C(=O)C3CCOCC3)C[C@]2(O)c2ccccc2)CC1. The zero-order valence-electron chi connectivity index (χ0n) is 26.1. The van der Waals surface area contributed by atoms with Crippen molar-refractivity contribution in [1.29, 1.82) is 0 Å². The Balaban J connectivity index is 1.22. The molecular formula is C34H46N4O6S. The summed E-state index contributed by atoms with van der Waals surface area (Å²) in [4.78, 5) is 33.2. The van der Waals surface area contributed by atoms with Gasteiger partial charge in [-0.1, -0.05) is 48.5 Å². The second kappa shape index (κ2) is 14.6. The number of likely N-dealkylation sites (tertiary alicyclic amines) is 2. The van der Waals surface area contributed by atoms with Crippen molar-refractivity contribution in [2.24, 2.45) is 11.8 Å². The van der Waals surface area contributed by atoms with Crippen LogP contribution in [0.5, 0.6) is 0 Å². The highest BCUT2D eigenvalue weighted by Crippen LogP contribution is 2.39. The number of nitrogens with zero attached hydrogens (tertiary/aromatic N) is 3. The third-order valence-corrected chi connectivity index (χ3v) is 11.1. The van der Waals surface area contributed by atoms with Crippen molar-refractivity contribution < 1.29 is 27.9 Å². The quantitative estimate of drug-likeness (QED) is 0.363. The van der Waals surface area contributed by atoms with Gasteiger partial charge in [-0.25, -0.2) is 13.1 Å². The van der Waals surface area contributed by atoms with E-state index in [4.69, 9.17) is 4.74 Å². The molecule has 5 rings (SSSR count). The molecule has 11 heteroatoms. The Bertz CT molecular complexity index is 1420. The number of hydrogen-bond donors (Lipinski definition) is 2. The standard InChI is InChI=1S/C34H46N4O6S/c1-3-17-38(32(39)22-26-9-11-31(12-10-26)45(42,43)35-2)30-13-18-36(19-14-30)23-29-24-37(33(40)27-15-20-44-21-16-27)25-34(29,41)28-7-5-4-6-8-28/h3-12,27,29-30,35,41H,1,13-25H2,2H3/t29-,34-/m0/s1. The fourth-order valence-corrected chi connectivity index (χ4v) is 7.76. The van der Waals surface area contributed by atoms with Crippen LogP contribution >= 0.6 is 0 Å². The van der Waals surface area contributed by atoms with E-state index in [9.17, 15) is 23.1 Å². The average Bonchev–Trinajstić information content (AvgIpc) is 3.41. The van der Waals surface area contributed by atoms with Gasteiger partial charge in [-0.15, -0.1) is 6.58 Å². The number of sulfonamides is 1. The van der Waals surface area contributed by atoms with Gasteiger partial charge in [0.15, 0.2) is 0 Å². The Morgan fingerprint density at radius 1 is 1.07 bits per heavy atom. The summed E-state index contributed by atoms with van der Waals surface area (Å²) in [5, 5.41) is 12.1. The van der Waals surface area contributed by atoms with E-state index in [1.807, 2.05) is 40.1 Å². The van der Waals surface area contributed by atoms with Crippen molar-refractivity contribution >= 4 is 21.8 Å². The fourth-order valence-electron chi connectivity index (χ4n) is 7.03. The molecule has 0 aromatic heterocycles. The molecule has 3 aliphatic heterocycles. The van der Waals surface area contributed by atoms with Gasteiger partial charge in [0.25, 0.3) is 0 Å². The first kappa shape index (κ1) is 33.3. The maximum absolute atomic E-state index is 13.5. The van der Waals surface area contributed by atoms with Crippen molar-refractivity contribution in [3.8, 4) is 0 Å². The summed E-state index contributed by atoms with van der Waals surface area (Å²) in [6.45, 7) is 8.52. The molecule has 3 saturated heterocycles. The summed E-state index contributed by atoms with van der Waals surface area (Å²) in [6.07, 6.45) is 4.95. The van der Waals surface area contributed by atoms with Crippen LogP contribution in [0.4, 0.5) is 0 Å². The number of benzene rings is 2. The van der Waals surface area contributed by atoms with Gasteiger partial charge in [-0.05, 0) is 56.0 Å². The number of nitrogens with one attached hydrogen (secondary N) is 1. The smallest absolute Gasteiger partial charge is 0.240 e. The summed E-state index contributed by atoms with van der Waals surface area (Å²) in [7, 11) is -2.17. The third kappa shape index (κ3) is 7.66. The van der Waals surface area contributed by atoms with Crippen LogP contribution in [0.3, 0.4) is 0 Å². The first-order valence-corrected chi connectivity index (χ1v) is 17.4. The lowest BCUT2D eigenvalue weighted by atomic mass is 9.83. The molecule has 2 aromatic carbocycles. The van der Waals surface area contributed by atoms with Crippen LogP contribution in [-0.2, 0) is 36.4 Å². The molecule has 0 radical (unpaired) electrons. The van der Waals surface area contributed by atoms with Gasteiger partial charge in [-0.2, -0.15) is 0 Å². The molecular weight excluding hydrogens is 592 g/mol. The number of amides is 2. The molecule has 244 valence electrons. The highest BCUT2D eigenvalue weighted by Gasteiger charge is 2.49. The van der Waals surface area contributed by atoms with Gasteiger partial charge in [0.05, 0.1) is 17.9 Å². The number of piperidine rings is 1. The first-order chi connectivity index (χ1) is 21.6. The molecule has 0 saturated carbocycles. The third-order valence-electron chi connectivity index (χ3n) is 9.68. The summed E-state index contributed by atoms with van der Waals surface area (Å²) < 4.78 is 31.9. The Labute approximate surface area is 267 Å². The molecule has 2 N–H and O–H groups in total. The molecule has 2 amide bonds. The van der Waals surface area contributed by atoms with Crippen LogP contribution in [0, 0.1) is 11.8 Å². The van der Waals surface area contributed by atoms with E-state index < -0.39 is 15.6 Å². The highest BCUT2D eigenvalue weighted by molar-refractivity contribution is 7.89. The van der Waals surface area contributed by atoms with Gasteiger partial charge in [-0.3, -0.25) is 9.59 Å². The largest absolute Gasteiger partial charge is 0.383 e. The molecule has 0 aliphatic carbocycles. The number of rotatable bonds is 11. The summed E-state index contributed by atoms with van der Waals surface area (Å²) >= 11 is 0. The fraction of sp³-hybridized carbons (Fsp3) is 0.529. The van der Waals surface area contributed by atoms with Gasteiger partial charge >= 0.3 is 0 Å². The summed E-state index contributed by atoms with van der Waals surface area (Å²) in [5.74, 6) is -0.0957. The second-order valence-corrected chi connectivity index (χ2v) is 14.4. The zero-order valence-corrected chi connectivity index (χ0v) is 27.0. The molecule has 0 unspecified atom stereocenters. The van der Waals surface area contributed by atoms with Crippen molar-refractivity contribution in [2.45, 2.75) is 48.6 Å². The van der Waals surface area contributed by atoms with E-state index in [-0.39, 0.29) is 47.6 Å². The molecule has 3 aliphatic rings. The molecule has 0 spiro atoms. The topological polar surface area (TPSA) is 119 Å². The van der Waals surface area contributed by atoms with E-state index in [2.05, 4.69) is 16.2 Å². The van der Waals surface area contributed by atoms with Gasteiger partial charge in [0.2, 0.25) is 21.8 Å². The van der Waals surface area contributed by atoms with E-state index in [1.54, 1.807) is 18.2 Å². The number of carbonyl (C=O) groups is 2. The van der Waals surface area contributed by atoms with Gasteiger partial charge in [0, 0.05) is 63.8 Å². The van der Waals surface area contributed by atoms with E-state index in [0.29, 0.717) is 32.8 Å². The van der Waals surface area contributed by atoms with Crippen molar-refractivity contribution in [2.75, 3.05) is 59.5 Å². The highest BCUT2D eigenvalue weighted by atomic mass is 32.2. The molecule has 45 heavy (non-hydrogen) atoms. The minimum Gasteiger partial charge on any atom is -0.383 e. The monoisotopic (exact) mass is 638 g/mol. The molecule has 10 nitrogen and oxygen atoms in total. The zero-order chi connectivity index (χ0) is 32.0. The van der Waals surface area contributed by atoms with Crippen LogP contribution in [0.25, 0.3) is 0 Å². The average molecular weight is 639 g/mol. The van der Waals surface area contributed by atoms with Crippen molar-refractivity contribution in [3.63, 3.8) is 0 Å². The Kier molecular flexibility index (Phi) is 10.8. The molecule has 0 bridgehead atoms. The molecule has 3 fully saturated rings. The maximum Gasteiger partial charge on any atom is 0.240 e. The lowest BCUT2D eigenvalue weighted by molar-refractivity contribution is -0.138. The minimum absolute atomic E-state index is 0.0194. The Morgan fingerprint density at radius 3 is 2.36 bits per heavy atom. The van der Waals surface area contributed by atoms with Crippen LogP contribution in [0.2, 0.25) is 0 Å². The predicted molar refractivity (Wildman–Crippen MR) is 172 cm³/mol. The normalized spacial score (nSPS) is 23.6. The van der Waals surface area contributed by atoms with Crippen molar-refractivity contribution in [1.82, 2.24) is 19.4 Å². The van der Waals surface area contributed by atoms with Crippen molar-refractivity contribution in [3.05, 3.63) is 78.4 Å². The van der Waals surface area contributed by atoms with Crippen LogP contribution in [0.1, 0.15) is 36.8 Å². The number of carbonyl (C=O) groups excluding carboxylic acids is 2. The van der Waals surface area contributed by atoms with Crippen LogP contribution < -0.4 is 4.72 Å². The van der Waals surface area contributed by atoms with E-state index in [1.165, 1.54) is 19.2 Å². The van der Waals surface area contributed by atoms with Gasteiger partial charge in [0.1, 0.15) is 5.60 Å². The second-order valence-electron chi connectivity index (χ2n) is 12.5. The molecule has 3 heterocycles. The Hall–Kier alpha value is -3.09. The lowest BCUT2D eigenvalue weighted by Crippen LogP contribution is -2.50. The maximum atomic E-state index is 13.5. The summed E-state index contributed by atoms with van der Waals surface area (Å²) in [6, 6.07) is 16.2. The number of aliphatic hydroxyl groups is 1. The predicted octanol–water partition coefficient (Wildman–Crippen LogP) is 2.39. The van der Waals surface area contributed by atoms with Gasteiger partial charge < -0.3 is 24.5 Å². The number of ether oxygens (including phenoxy) is 1. The lowest BCUT2D eigenvalue weighted by Gasteiger charge is -2.40. The first-order valence-electron chi connectivity index (χ1n) is 15.9. The van der Waals surface area contributed by atoms with E-state index >= 15 is 0 Å². The molecule has 2 atom stereocenters. The summed E-state index contributed by atoms with van der Waals surface area (Å²) in [5.41, 5.74) is 0.459. The Morgan fingerprint density at radius 2 is 1.73 bits per heavy atom. The minimum atomic E-state index is -3.54. The molecule has 2 aromatic rings. The van der Waals surface area contributed by atoms with E-state index in [0.717, 1.165) is 49.9 Å². The number of hydrogen-bond acceptors (Lipinski definition) is 7. The van der Waals surface area contributed by atoms with Crippen LogP contribution in [0.15, 0.2) is 72.1 Å².